The fourth-order valence-electron chi connectivity index (χ4n) is 3.77. The zero-order chi connectivity index (χ0) is 20.9. The van der Waals surface area contributed by atoms with Gasteiger partial charge in [0.25, 0.3) is 5.91 Å². The maximum Gasteiger partial charge on any atom is 0.253 e. The Kier molecular flexibility index (Phi) is 6.72. The summed E-state index contributed by atoms with van der Waals surface area (Å²) in [7, 11) is 0. The van der Waals surface area contributed by atoms with Crippen molar-refractivity contribution in [1.29, 1.82) is 0 Å². The lowest BCUT2D eigenvalue weighted by Gasteiger charge is -2.32. The van der Waals surface area contributed by atoms with E-state index >= 15 is 0 Å². The highest BCUT2D eigenvalue weighted by Gasteiger charge is 2.23. The first-order valence-corrected chi connectivity index (χ1v) is 10.9. The normalized spacial score (nSPS) is 14.8. The highest BCUT2D eigenvalue weighted by Crippen LogP contribution is 2.25. The lowest BCUT2D eigenvalue weighted by molar-refractivity contribution is 0.0690. The summed E-state index contributed by atoms with van der Waals surface area (Å²) in [5, 5.41) is 4.40. The van der Waals surface area contributed by atoms with Crippen molar-refractivity contribution in [2.24, 2.45) is 5.92 Å². The number of hydrogen-bond donors (Lipinski definition) is 2. The van der Waals surface area contributed by atoms with Gasteiger partial charge in [-0.1, -0.05) is 29.3 Å². The van der Waals surface area contributed by atoms with E-state index in [0.717, 1.165) is 56.1 Å². The number of amides is 1. The van der Waals surface area contributed by atoms with Gasteiger partial charge in [0.2, 0.25) is 0 Å². The van der Waals surface area contributed by atoms with Gasteiger partial charge in [-0.3, -0.25) is 4.79 Å². The van der Waals surface area contributed by atoms with Crippen molar-refractivity contribution in [1.82, 2.24) is 20.2 Å². The molecule has 0 spiro atoms. The first-order chi connectivity index (χ1) is 14.6. The van der Waals surface area contributed by atoms with E-state index in [1.165, 1.54) is 0 Å². The van der Waals surface area contributed by atoms with Crippen LogP contribution in [0.4, 0.5) is 0 Å². The predicted octanol–water partition coefficient (Wildman–Crippen LogP) is 5.03. The molecule has 1 aromatic carbocycles. The third-order valence-corrected chi connectivity index (χ3v) is 6.23. The molecule has 2 aromatic heterocycles. The minimum absolute atomic E-state index is 0.0188. The van der Waals surface area contributed by atoms with Crippen molar-refractivity contribution in [3.8, 4) is 11.4 Å². The number of nitrogens with one attached hydrogen (secondary N) is 2. The van der Waals surface area contributed by atoms with Gasteiger partial charge in [0.15, 0.2) is 0 Å². The number of H-pyrrole nitrogens is 1. The van der Waals surface area contributed by atoms with Crippen molar-refractivity contribution in [2.75, 3.05) is 19.6 Å². The predicted molar refractivity (Wildman–Crippen MR) is 121 cm³/mol. The molecule has 1 aliphatic heterocycles. The molecule has 0 saturated carbocycles. The number of likely N-dealkylation sites (tertiary alicyclic amines) is 1. The Labute approximate surface area is 186 Å². The Morgan fingerprint density at radius 1 is 1.10 bits per heavy atom. The van der Waals surface area contributed by atoms with Crippen molar-refractivity contribution in [3.05, 3.63) is 76.0 Å². The van der Waals surface area contributed by atoms with Crippen molar-refractivity contribution in [2.45, 2.75) is 19.4 Å². The number of benzene rings is 1. The van der Waals surface area contributed by atoms with Gasteiger partial charge in [-0.15, -0.1) is 0 Å². The van der Waals surface area contributed by atoms with Crippen LogP contribution in [0.1, 0.15) is 28.9 Å². The molecule has 3 heterocycles. The Hall–Kier alpha value is -2.34. The minimum Gasteiger partial charge on any atom is -0.360 e. The number of carbonyl (C=O) groups is 1. The molecule has 4 rings (SSSR count). The largest absolute Gasteiger partial charge is 0.360 e. The fraction of sp³-hybridized carbons (Fsp3) is 0.304. The molecule has 3 aromatic rings. The number of halogens is 2. The maximum absolute atomic E-state index is 12.7. The summed E-state index contributed by atoms with van der Waals surface area (Å²) in [4.78, 5) is 22.5. The molecule has 0 aliphatic carbocycles. The molecule has 0 bridgehead atoms. The molecule has 7 heteroatoms. The number of hydrogen-bond acceptors (Lipinski definition) is 3. The monoisotopic (exact) mass is 442 g/mol. The first kappa shape index (κ1) is 20.9. The van der Waals surface area contributed by atoms with Gasteiger partial charge >= 0.3 is 0 Å². The van der Waals surface area contributed by atoms with E-state index in [-0.39, 0.29) is 5.91 Å². The van der Waals surface area contributed by atoms with E-state index in [0.29, 0.717) is 21.5 Å². The fourth-order valence-corrected chi connectivity index (χ4v) is 4.07. The lowest BCUT2D eigenvalue weighted by atomic mass is 9.96. The van der Waals surface area contributed by atoms with Crippen LogP contribution >= 0.6 is 23.2 Å². The molecular weight excluding hydrogens is 419 g/mol. The molecule has 1 aliphatic rings. The highest BCUT2D eigenvalue weighted by molar-refractivity contribution is 6.42. The van der Waals surface area contributed by atoms with Crippen LogP contribution in [-0.2, 0) is 6.54 Å². The van der Waals surface area contributed by atoms with Gasteiger partial charge < -0.3 is 15.2 Å². The summed E-state index contributed by atoms with van der Waals surface area (Å²) in [6.45, 7) is 3.16. The Bertz CT molecular complexity index is 998. The summed E-state index contributed by atoms with van der Waals surface area (Å²) in [5.74, 6) is 0.569. The smallest absolute Gasteiger partial charge is 0.253 e. The molecule has 156 valence electrons. The second kappa shape index (κ2) is 9.65. The number of rotatable bonds is 6. The molecule has 5 nitrogen and oxygen atoms in total. The van der Waals surface area contributed by atoms with E-state index in [4.69, 9.17) is 28.2 Å². The topological polar surface area (TPSA) is 61.0 Å². The molecule has 0 radical (unpaired) electrons. The summed E-state index contributed by atoms with van der Waals surface area (Å²) in [6, 6.07) is 15.1. The van der Waals surface area contributed by atoms with Crippen LogP contribution in [0, 0.1) is 5.92 Å². The number of aromatic amines is 1. The number of pyridine rings is 1. The van der Waals surface area contributed by atoms with Gasteiger partial charge in [0.05, 0.1) is 27.1 Å². The molecule has 2 N–H and O–H groups in total. The molecule has 1 saturated heterocycles. The van der Waals surface area contributed by atoms with E-state index < -0.39 is 0 Å². The van der Waals surface area contributed by atoms with E-state index in [9.17, 15) is 4.79 Å². The summed E-state index contributed by atoms with van der Waals surface area (Å²) < 4.78 is 0. The number of aromatic nitrogens is 2. The van der Waals surface area contributed by atoms with Crippen molar-refractivity contribution < 1.29 is 4.79 Å². The molecule has 1 amide bonds. The van der Waals surface area contributed by atoms with Crippen molar-refractivity contribution >= 4 is 29.1 Å². The maximum atomic E-state index is 12.7. The summed E-state index contributed by atoms with van der Waals surface area (Å²) in [6.07, 6.45) is 3.87. The van der Waals surface area contributed by atoms with Gasteiger partial charge in [-0.05, 0) is 67.8 Å². The minimum atomic E-state index is 0.0188. The van der Waals surface area contributed by atoms with Gasteiger partial charge in [0, 0.05) is 31.4 Å². The Morgan fingerprint density at radius 2 is 1.93 bits per heavy atom. The van der Waals surface area contributed by atoms with Crippen LogP contribution < -0.4 is 5.32 Å². The SMILES string of the molecule is O=C(c1ccc(Cl)c(Cl)c1)N1CCC(CNCc2cccc(-c3ccc[nH]3)n2)CC1. The molecule has 0 atom stereocenters. The highest BCUT2D eigenvalue weighted by atomic mass is 35.5. The van der Waals surface area contributed by atoms with Crippen LogP contribution in [-0.4, -0.2) is 40.4 Å². The molecule has 0 unspecified atom stereocenters. The quantitative estimate of drug-likeness (QED) is 0.562. The molecule has 1 fully saturated rings. The Balaban J connectivity index is 1.24. The van der Waals surface area contributed by atoms with Crippen LogP contribution in [0.3, 0.4) is 0 Å². The zero-order valence-electron chi connectivity index (χ0n) is 16.6. The summed E-state index contributed by atoms with van der Waals surface area (Å²) in [5.41, 5.74) is 3.59. The third-order valence-electron chi connectivity index (χ3n) is 5.49. The van der Waals surface area contributed by atoms with Gasteiger partial charge in [-0.2, -0.15) is 0 Å². The second-order valence-corrected chi connectivity index (χ2v) is 8.41. The molecule has 30 heavy (non-hydrogen) atoms. The van der Waals surface area contributed by atoms with E-state index in [1.54, 1.807) is 18.2 Å². The lowest BCUT2D eigenvalue weighted by Crippen LogP contribution is -2.40. The average Bonchev–Trinajstić information content (AvgIpc) is 3.31. The average molecular weight is 443 g/mol. The van der Waals surface area contributed by atoms with Gasteiger partial charge in [-0.25, -0.2) is 4.98 Å². The number of nitrogens with zero attached hydrogens (tertiary/aromatic N) is 2. The van der Waals surface area contributed by atoms with Crippen molar-refractivity contribution in [3.63, 3.8) is 0 Å². The van der Waals surface area contributed by atoms with E-state index in [1.807, 2.05) is 41.4 Å². The molecular formula is C23H24Cl2N4O. The Morgan fingerprint density at radius 3 is 2.67 bits per heavy atom. The van der Waals surface area contributed by atoms with Crippen LogP contribution in [0.5, 0.6) is 0 Å². The van der Waals surface area contributed by atoms with Crippen LogP contribution in [0.15, 0.2) is 54.7 Å². The number of piperidine rings is 1. The standard InChI is InChI=1S/C23H24Cl2N4O/c24-19-7-6-17(13-20(19)25)23(30)29-11-8-16(9-12-29)14-26-15-18-3-1-4-22(28-18)21-5-2-10-27-21/h1-7,10,13,16,26-27H,8-9,11-12,14-15H2. The third kappa shape index (κ3) is 5.04. The van der Waals surface area contributed by atoms with E-state index in [2.05, 4.69) is 10.3 Å². The number of carbonyl (C=O) groups excluding carboxylic acids is 1. The van der Waals surface area contributed by atoms with Crippen LogP contribution in [0.25, 0.3) is 11.4 Å². The van der Waals surface area contributed by atoms with Gasteiger partial charge in [0.1, 0.15) is 0 Å². The first-order valence-electron chi connectivity index (χ1n) is 10.1. The summed E-state index contributed by atoms with van der Waals surface area (Å²) >= 11 is 12.0. The zero-order valence-corrected chi connectivity index (χ0v) is 18.1. The van der Waals surface area contributed by atoms with Crippen LogP contribution in [0.2, 0.25) is 10.0 Å². The second-order valence-electron chi connectivity index (χ2n) is 7.59.